The summed E-state index contributed by atoms with van der Waals surface area (Å²) >= 11 is 0. The number of carbonyl (C=O) groups is 3. The van der Waals surface area contributed by atoms with Crippen molar-refractivity contribution in [1.82, 2.24) is 20.2 Å². The zero-order valence-electron chi connectivity index (χ0n) is 24.9. The van der Waals surface area contributed by atoms with Crippen LogP contribution in [0.3, 0.4) is 0 Å². The minimum atomic E-state index is -1.36. The summed E-state index contributed by atoms with van der Waals surface area (Å²) in [4.78, 5) is 61.2. The molecule has 3 aromatic carbocycles. The van der Waals surface area contributed by atoms with Crippen molar-refractivity contribution in [2.75, 3.05) is 23.4 Å². The van der Waals surface area contributed by atoms with E-state index in [4.69, 9.17) is 0 Å². The lowest BCUT2D eigenvalue weighted by Gasteiger charge is -2.26. The van der Waals surface area contributed by atoms with Gasteiger partial charge in [0, 0.05) is 42.0 Å². The van der Waals surface area contributed by atoms with E-state index in [1.54, 1.807) is 49.6 Å². The molecule has 228 valence electrons. The van der Waals surface area contributed by atoms with E-state index in [0.717, 1.165) is 16.7 Å². The highest BCUT2D eigenvalue weighted by molar-refractivity contribution is 7.84. The number of nitrogens with zero attached hydrogens (tertiary/aromatic N) is 2. The number of H-pyrrole nitrogens is 1. The van der Waals surface area contributed by atoms with Crippen molar-refractivity contribution in [3.05, 3.63) is 93.0 Å². The summed E-state index contributed by atoms with van der Waals surface area (Å²) in [5.74, 6) is -0.880. The Hall–Kier alpha value is -4.84. The van der Waals surface area contributed by atoms with Gasteiger partial charge in [0.15, 0.2) is 0 Å². The van der Waals surface area contributed by atoms with Gasteiger partial charge in [-0.2, -0.15) is 0 Å². The van der Waals surface area contributed by atoms with Gasteiger partial charge in [0.05, 0.1) is 28.0 Å². The van der Waals surface area contributed by atoms with Crippen LogP contribution in [0.25, 0.3) is 10.9 Å². The van der Waals surface area contributed by atoms with Gasteiger partial charge in [-0.25, -0.2) is 4.98 Å². The summed E-state index contributed by atoms with van der Waals surface area (Å²) < 4.78 is 12.5. The summed E-state index contributed by atoms with van der Waals surface area (Å²) in [7, 11) is -1.36. The van der Waals surface area contributed by atoms with Crippen molar-refractivity contribution in [1.29, 1.82) is 0 Å². The third-order valence-electron chi connectivity index (χ3n) is 7.71. The van der Waals surface area contributed by atoms with Crippen LogP contribution in [0.4, 0.5) is 11.4 Å². The van der Waals surface area contributed by atoms with Crippen LogP contribution < -0.4 is 21.5 Å². The number of benzene rings is 3. The Labute approximate surface area is 256 Å². The van der Waals surface area contributed by atoms with Crippen molar-refractivity contribution in [3.63, 3.8) is 0 Å². The predicted octanol–water partition coefficient (Wildman–Crippen LogP) is 3.44. The summed E-state index contributed by atoms with van der Waals surface area (Å²) in [6.07, 6.45) is 3.13. The zero-order chi connectivity index (χ0) is 31.5. The molecule has 2 aliphatic heterocycles. The molecular weight excluding hydrogens is 580 g/mol. The van der Waals surface area contributed by atoms with Crippen LogP contribution in [-0.2, 0) is 38.3 Å². The summed E-state index contributed by atoms with van der Waals surface area (Å²) in [6, 6.07) is 13.0. The number of carbonyl (C=O) groups excluding carboxylic acids is 3. The molecule has 0 saturated heterocycles. The van der Waals surface area contributed by atoms with Gasteiger partial charge >= 0.3 is 0 Å². The third kappa shape index (κ3) is 6.55. The largest absolute Gasteiger partial charge is 0.370 e. The number of aryl methyl sites for hydroxylation is 2. The van der Waals surface area contributed by atoms with Gasteiger partial charge in [0.2, 0.25) is 17.7 Å². The number of rotatable bonds is 4. The predicted molar refractivity (Wildman–Crippen MR) is 170 cm³/mol. The molecule has 12 heteroatoms. The van der Waals surface area contributed by atoms with E-state index < -0.39 is 16.8 Å². The van der Waals surface area contributed by atoms with Crippen molar-refractivity contribution in [2.24, 2.45) is 0 Å². The minimum absolute atomic E-state index is 0.0490. The molecule has 3 heterocycles. The SMILES string of the molecule is CCC(=O)N1CC(=O)Nc2ccc(S(C)=O)c(c2)CNC(=O)C(Nc2ccc3nc[nH]c(=O)c3c2)c2cc(C)c(c(C)c2)C1. The van der Waals surface area contributed by atoms with Gasteiger partial charge in [-0.1, -0.05) is 19.1 Å². The van der Waals surface area contributed by atoms with Crippen molar-refractivity contribution in [3.8, 4) is 0 Å². The summed E-state index contributed by atoms with van der Waals surface area (Å²) in [5.41, 5.74) is 5.09. The molecule has 4 N–H and O–H groups in total. The lowest BCUT2D eigenvalue weighted by Crippen LogP contribution is -2.38. The molecule has 2 atom stereocenters. The van der Waals surface area contributed by atoms with Crippen LogP contribution in [0.15, 0.2) is 64.5 Å². The average Bonchev–Trinajstić information content (AvgIpc) is 2.99. The normalized spacial score (nSPS) is 16.4. The summed E-state index contributed by atoms with van der Waals surface area (Å²) in [6.45, 7) is 5.71. The van der Waals surface area contributed by atoms with Gasteiger partial charge < -0.3 is 25.8 Å². The zero-order valence-corrected chi connectivity index (χ0v) is 25.8. The third-order valence-corrected chi connectivity index (χ3v) is 8.73. The van der Waals surface area contributed by atoms with Crippen LogP contribution in [-0.4, -0.2) is 49.6 Å². The Morgan fingerprint density at radius 1 is 1.05 bits per heavy atom. The number of nitrogens with one attached hydrogen (secondary N) is 4. The highest BCUT2D eigenvalue weighted by atomic mass is 32.2. The van der Waals surface area contributed by atoms with Gasteiger partial charge in [-0.3, -0.25) is 23.4 Å². The molecule has 4 bridgehead atoms. The number of hydrogen-bond donors (Lipinski definition) is 4. The maximum absolute atomic E-state index is 13.9. The molecule has 6 rings (SSSR count). The molecule has 44 heavy (non-hydrogen) atoms. The fraction of sp³-hybridized carbons (Fsp3) is 0.281. The van der Waals surface area contributed by atoms with E-state index in [-0.39, 0.29) is 49.3 Å². The molecule has 0 saturated carbocycles. The molecule has 0 radical (unpaired) electrons. The van der Waals surface area contributed by atoms with E-state index in [9.17, 15) is 23.4 Å². The average molecular weight is 615 g/mol. The quantitative estimate of drug-likeness (QED) is 0.275. The molecule has 2 unspecified atom stereocenters. The molecule has 4 aromatic rings. The second-order valence-electron chi connectivity index (χ2n) is 10.8. The number of aromatic nitrogens is 2. The molecule has 2 aliphatic rings. The molecule has 3 amide bonds. The second kappa shape index (κ2) is 12.8. The van der Waals surface area contributed by atoms with Crippen LogP contribution in [0.2, 0.25) is 0 Å². The van der Waals surface area contributed by atoms with Crippen LogP contribution in [0, 0.1) is 13.8 Å². The Kier molecular flexibility index (Phi) is 8.91. The van der Waals surface area contributed by atoms with Crippen LogP contribution >= 0.6 is 0 Å². The van der Waals surface area contributed by atoms with Gasteiger partial charge in [-0.15, -0.1) is 0 Å². The van der Waals surface area contributed by atoms with Crippen molar-refractivity contribution in [2.45, 2.75) is 51.2 Å². The first-order valence-electron chi connectivity index (χ1n) is 14.2. The van der Waals surface area contributed by atoms with E-state index >= 15 is 0 Å². The number of hydrogen-bond acceptors (Lipinski definition) is 7. The standard InChI is InChI=1S/C32H34N6O5S/c1-5-29(40)38-15-25-18(2)10-20(11-19(25)3)30(37-23-6-8-26-24(13-23)31(41)35-17-34-26)32(42)33-14-21-12-22(36-28(39)16-38)7-9-27(21)44(4)43/h6-13,17,30,37H,5,14-16H2,1-4H3,(H,33,42)(H,36,39)(H,34,35,41). The van der Waals surface area contributed by atoms with Gasteiger partial charge in [-0.05, 0) is 78.1 Å². The van der Waals surface area contributed by atoms with E-state index in [0.29, 0.717) is 38.3 Å². The van der Waals surface area contributed by atoms with Crippen LogP contribution in [0.1, 0.15) is 47.2 Å². The lowest BCUT2D eigenvalue weighted by molar-refractivity contribution is -0.135. The molecular formula is C32H34N6O5S. The number of amides is 3. The highest BCUT2D eigenvalue weighted by Crippen LogP contribution is 2.28. The highest BCUT2D eigenvalue weighted by Gasteiger charge is 2.25. The smallest absolute Gasteiger partial charge is 0.258 e. The molecule has 0 aliphatic carbocycles. The van der Waals surface area contributed by atoms with E-state index in [1.807, 2.05) is 26.0 Å². The monoisotopic (exact) mass is 614 g/mol. The first kappa shape index (κ1) is 30.6. The van der Waals surface area contributed by atoms with Gasteiger partial charge in [0.25, 0.3) is 5.56 Å². The second-order valence-corrected chi connectivity index (χ2v) is 12.2. The van der Waals surface area contributed by atoms with Crippen molar-refractivity contribution < 1.29 is 18.6 Å². The maximum atomic E-state index is 13.9. The molecule has 1 aromatic heterocycles. The molecule has 0 fully saturated rings. The van der Waals surface area contributed by atoms with Crippen LogP contribution in [0.5, 0.6) is 0 Å². The van der Waals surface area contributed by atoms with Gasteiger partial charge in [0.1, 0.15) is 12.6 Å². The van der Waals surface area contributed by atoms with E-state index in [2.05, 4.69) is 25.9 Å². The number of fused-ring (bicyclic) bond motifs is 10. The first-order chi connectivity index (χ1) is 21.0. The fourth-order valence-corrected chi connectivity index (χ4v) is 6.21. The Morgan fingerprint density at radius 3 is 2.50 bits per heavy atom. The molecule has 11 nitrogen and oxygen atoms in total. The van der Waals surface area contributed by atoms with E-state index in [1.165, 1.54) is 11.2 Å². The maximum Gasteiger partial charge on any atom is 0.258 e. The lowest BCUT2D eigenvalue weighted by atomic mass is 9.94. The minimum Gasteiger partial charge on any atom is -0.370 e. The Bertz CT molecular complexity index is 1850. The fourth-order valence-electron chi connectivity index (χ4n) is 5.45. The topological polar surface area (TPSA) is 153 Å². The summed E-state index contributed by atoms with van der Waals surface area (Å²) in [5, 5.41) is 9.49. The first-order valence-corrected chi connectivity index (χ1v) is 15.8. The number of aromatic amines is 1. The van der Waals surface area contributed by atoms with Crippen molar-refractivity contribution >= 4 is 50.8 Å². The Balaban J connectivity index is 1.61. The number of anilines is 2. The molecule has 0 spiro atoms. The Morgan fingerprint density at radius 2 is 1.80 bits per heavy atom.